The monoisotopic (exact) mass is 341 g/mol. The highest BCUT2D eigenvalue weighted by atomic mass is 32.1. The molecule has 2 aromatic heterocycles. The Morgan fingerprint density at radius 1 is 1.21 bits per heavy atom. The molecule has 0 aliphatic carbocycles. The Balaban J connectivity index is 1.66. The van der Waals surface area contributed by atoms with Crippen LogP contribution >= 0.6 is 11.3 Å². The van der Waals surface area contributed by atoms with Gasteiger partial charge in [0.05, 0.1) is 22.5 Å². The zero-order valence-electron chi connectivity index (χ0n) is 13.9. The van der Waals surface area contributed by atoms with E-state index < -0.39 is 11.7 Å². The van der Waals surface area contributed by atoms with Crippen LogP contribution < -0.4 is 5.32 Å². The summed E-state index contributed by atoms with van der Waals surface area (Å²) in [6.45, 7) is 5.82. The number of thiazole rings is 1. The Bertz CT molecular complexity index is 818. The molecule has 1 amide bonds. The summed E-state index contributed by atoms with van der Waals surface area (Å²) in [5, 5.41) is 3.64. The lowest BCUT2D eigenvalue weighted by atomic mass is 10.2. The number of aromatic nitrogens is 2. The summed E-state index contributed by atoms with van der Waals surface area (Å²) in [6.07, 6.45) is 1.34. The molecule has 0 bridgehead atoms. The number of ether oxygens (including phenoxy) is 1. The molecule has 3 rings (SSSR count). The summed E-state index contributed by atoms with van der Waals surface area (Å²) >= 11 is 1.64. The van der Waals surface area contributed by atoms with Gasteiger partial charge in [0.25, 0.3) is 0 Å². The largest absolute Gasteiger partial charge is 0.444 e. The molecule has 24 heavy (non-hydrogen) atoms. The number of benzene rings is 1. The maximum absolute atomic E-state index is 11.7. The molecule has 2 heterocycles. The number of nitrogens with one attached hydrogen (secondary N) is 1. The minimum Gasteiger partial charge on any atom is -0.444 e. The Hall–Kier alpha value is -2.47. The third-order valence-electron chi connectivity index (χ3n) is 3.18. The van der Waals surface area contributed by atoms with Crippen LogP contribution in [0.25, 0.3) is 20.8 Å². The van der Waals surface area contributed by atoms with Crippen molar-refractivity contribution in [1.29, 1.82) is 0 Å². The summed E-state index contributed by atoms with van der Waals surface area (Å²) in [5.41, 5.74) is 2.23. The number of hydrogen-bond donors (Lipinski definition) is 1. The molecule has 6 heteroatoms. The summed E-state index contributed by atoms with van der Waals surface area (Å²) in [4.78, 5) is 20.7. The number of amides is 1. The van der Waals surface area contributed by atoms with Gasteiger partial charge in [0, 0.05) is 11.8 Å². The molecule has 3 aromatic rings. The van der Waals surface area contributed by atoms with E-state index in [1.54, 1.807) is 17.5 Å². The average molecular weight is 341 g/mol. The summed E-state index contributed by atoms with van der Waals surface area (Å²) in [5.74, 6) is 0. The van der Waals surface area contributed by atoms with Gasteiger partial charge in [-0.05, 0) is 45.0 Å². The number of rotatable bonds is 3. The number of para-hydroxylation sites is 1. The zero-order chi connectivity index (χ0) is 17.2. The van der Waals surface area contributed by atoms with Crippen LogP contribution in [0.1, 0.15) is 26.5 Å². The first-order valence-corrected chi connectivity index (χ1v) is 8.50. The molecule has 0 fully saturated rings. The minimum absolute atomic E-state index is 0.328. The lowest BCUT2D eigenvalue weighted by molar-refractivity contribution is 0.0523. The van der Waals surface area contributed by atoms with Crippen LogP contribution in [0.3, 0.4) is 0 Å². The molecule has 124 valence electrons. The topological polar surface area (TPSA) is 64.1 Å². The van der Waals surface area contributed by atoms with Crippen LogP contribution in [-0.4, -0.2) is 21.7 Å². The van der Waals surface area contributed by atoms with Gasteiger partial charge in [-0.2, -0.15) is 0 Å². The average Bonchev–Trinajstić information content (AvgIpc) is 2.96. The van der Waals surface area contributed by atoms with Gasteiger partial charge in [0.2, 0.25) is 0 Å². The van der Waals surface area contributed by atoms with Crippen LogP contribution in [0.4, 0.5) is 4.79 Å². The third-order valence-corrected chi connectivity index (χ3v) is 4.26. The van der Waals surface area contributed by atoms with Crippen molar-refractivity contribution in [3.8, 4) is 10.6 Å². The Kier molecular flexibility index (Phi) is 4.49. The second kappa shape index (κ2) is 6.57. The molecule has 0 saturated carbocycles. The lowest BCUT2D eigenvalue weighted by Gasteiger charge is -2.19. The Morgan fingerprint density at radius 2 is 2.00 bits per heavy atom. The summed E-state index contributed by atoms with van der Waals surface area (Å²) < 4.78 is 6.36. The number of alkyl carbamates (subject to hydrolysis) is 1. The van der Waals surface area contributed by atoms with Crippen LogP contribution in [0.15, 0.2) is 42.6 Å². The van der Waals surface area contributed by atoms with Crippen LogP contribution in [0.5, 0.6) is 0 Å². The number of nitrogens with zero attached hydrogens (tertiary/aromatic N) is 2. The molecule has 5 nitrogen and oxygen atoms in total. The van der Waals surface area contributed by atoms with E-state index in [1.807, 2.05) is 51.1 Å². The third kappa shape index (κ3) is 4.08. The normalized spacial score (nSPS) is 11.5. The molecule has 0 aliphatic rings. The number of fused-ring (bicyclic) bond motifs is 1. The van der Waals surface area contributed by atoms with E-state index >= 15 is 0 Å². The first-order valence-electron chi connectivity index (χ1n) is 7.68. The van der Waals surface area contributed by atoms with Gasteiger partial charge in [-0.3, -0.25) is 4.98 Å². The van der Waals surface area contributed by atoms with Gasteiger partial charge in [-0.15, -0.1) is 11.3 Å². The highest BCUT2D eigenvalue weighted by molar-refractivity contribution is 7.21. The predicted molar refractivity (Wildman–Crippen MR) is 95.9 cm³/mol. The van der Waals surface area contributed by atoms with Crippen molar-refractivity contribution in [2.45, 2.75) is 32.9 Å². The predicted octanol–water partition coefficient (Wildman–Crippen LogP) is 4.38. The van der Waals surface area contributed by atoms with Crippen molar-refractivity contribution in [2.75, 3.05) is 0 Å². The van der Waals surface area contributed by atoms with Crippen molar-refractivity contribution in [3.63, 3.8) is 0 Å². The molecule has 0 atom stereocenters. The van der Waals surface area contributed by atoms with E-state index in [-0.39, 0.29) is 0 Å². The number of carbonyl (C=O) groups excluding carboxylic acids is 1. The lowest BCUT2D eigenvalue weighted by Crippen LogP contribution is -2.32. The smallest absolute Gasteiger partial charge is 0.407 e. The molecule has 0 radical (unpaired) electrons. The molecule has 0 saturated heterocycles. The van der Waals surface area contributed by atoms with Gasteiger partial charge in [0.15, 0.2) is 0 Å². The summed E-state index contributed by atoms with van der Waals surface area (Å²) in [7, 11) is 0. The van der Waals surface area contributed by atoms with E-state index in [9.17, 15) is 4.79 Å². The SMILES string of the molecule is CC(C)(C)OC(=O)NCc1ccc(-c2nc3ccccc3s2)cn1. The fraction of sp³-hybridized carbons (Fsp3) is 0.278. The zero-order valence-corrected chi connectivity index (χ0v) is 14.7. The van der Waals surface area contributed by atoms with Crippen molar-refractivity contribution < 1.29 is 9.53 Å². The van der Waals surface area contributed by atoms with Crippen molar-refractivity contribution in [2.24, 2.45) is 0 Å². The van der Waals surface area contributed by atoms with Crippen LogP contribution in [0.2, 0.25) is 0 Å². The number of pyridine rings is 1. The molecular formula is C18H19N3O2S. The maximum atomic E-state index is 11.7. The summed E-state index contributed by atoms with van der Waals surface area (Å²) in [6, 6.07) is 11.9. The van der Waals surface area contributed by atoms with Gasteiger partial charge < -0.3 is 10.1 Å². The maximum Gasteiger partial charge on any atom is 0.407 e. The first kappa shape index (κ1) is 16.4. The van der Waals surface area contributed by atoms with E-state index in [0.717, 1.165) is 26.5 Å². The van der Waals surface area contributed by atoms with E-state index in [4.69, 9.17) is 4.74 Å². The van der Waals surface area contributed by atoms with Gasteiger partial charge in [0.1, 0.15) is 10.6 Å². The quantitative estimate of drug-likeness (QED) is 0.768. The molecule has 1 aromatic carbocycles. The number of hydrogen-bond acceptors (Lipinski definition) is 5. The van der Waals surface area contributed by atoms with Crippen molar-refractivity contribution in [1.82, 2.24) is 15.3 Å². The second-order valence-corrected chi connectivity index (χ2v) is 7.41. The standard InChI is InChI=1S/C18H19N3O2S/c1-18(2,3)23-17(22)20-11-13-9-8-12(10-19-13)16-21-14-6-4-5-7-15(14)24-16/h4-10H,11H2,1-3H3,(H,20,22). The highest BCUT2D eigenvalue weighted by Crippen LogP contribution is 2.29. The van der Waals surface area contributed by atoms with Crippen molar-refractivity contribution in [3.05, 3.63) is 48.3 Å². The van der Waals surface area contributed by atoms with Crippen LogP contribution in [0, 0.1) is 0 Å². The molecular weight excluding hydrogens is 322 g/mol. The van der Waals surface area contributed by atoms with E-state index in [0.29, 0.717) is 6.54 Å². The first-order chi connectivity index (χ1) is 11.4. The highest BCUT2D eigenvalue weighted by Gasteiger charge is 2.15. The van der Waals surface area contributed by atoms with Crippen LogP contribution in [-0.2, 0) is 11.3 Å². The Morgan fingerprint density at radius 3 is 2.67 bits per heavy atom. The molecule has 1 N–H and O–H groups in total. The fourth-order valence-corrected chi connectivity index (χ4v) is 3.08. The van der Waals surface area contributed by atoms with E-state index in [2.05, 4.69) is 21.4 Å². The molecule has 0 aliphatic heterocycles. The number of carbonyl (C=O) groups is 1. The van der Waals surface area contributed by atoms with Gasteiger partial charge in [-0.1, -0.05) is 12.1 Å². The van der Waals surface area contributed by atoms with E-state index in [1.165, 1.54) is 0 Å². The van der Waals surface area contributed by atoms with Gasteiger partial charge in [-0.25, -0.2) is 9.78 Å². The minimum atomic E-state index is -0.506. The fourth-order valence-electron chi connectivity index (χ4n) is 2.13. The molecule has 0 unspecified atom stereocenters. The second-order valence-electron chi connectivity index (χ2n) is 6.38. The Labute approximate surface area is 144 Å². The van der Waals surface area contributed by atoms with Gasteiger partial charge >= 0.3 is 6.09 Å². The van der Waals surface area contributed by atoms with Crippen molar-refractivity contribution >= 4 is 27.6 Å². The molecule has 0 spiro atoms.